The molecule has 0 aliphatic carbocycles. The van der Waals surface area contributed by atoms with E-state index >= 15 is 0 Å². The molecule has 0 bridgehead atoms. The largest absolute Gasteiger partial charge is 0.473 e. The molecule has 4 nitrogen and oxygen atoms in total. The molecule has 0 aliphatic rings. The van der Waals surface area contributed by atoms with Crippen LogP contribution in [0.5, 0.6) is 5.75 Å². The van der Waals surface area contributed by atoms with Crippen LogP contribution in [0.15, 0.2) is 48.5 Å². The van der Waals surface area contributed by atoms with Gasteiger partial charge in [0.05, 0.1) is 13.6 Å². The summed E-state index contributed by atoms with van der Waals surface area (Å²) in [6.45, 7) is 21.5. The number of para-hydroxylation sites is 1. The number of nitrogens with zero attached hydrogens (tertiary/aromatic N) is 3. The Balaban J connectivity index is 2.36. The van der Waals surface area contributed by atoms with Gasteiger partial charge in [0.2, 0.25) is 0 Å². The quantitative estimate of drug-likeness (QED) is 0.477. The Hall–Kier alpha value is -1.71. The Morgan fingerprint density at radius 2 is 1.34 bits per heavy atom. The third kappa shape index (κ3) is 3.75. The van der Waals surface area contributed by atoms with Crippen LogP contribution in [0.4, 0.5) is 0 Å². The van der Waals surface area contributed by atoms with Gasteiger partial charge in [-0.15, -0.1) is 5.10 Å². The summed E-state index contributed by atoms with van der Waals surface area (Å²) in [6.07, 6.45) is 0. The van der Waals surface area contributed by atoms with Crippen molar-refractivity contribution < 1.29 is 4.74 Å². The van der Waals surface area contributed by atoms with Gasteiger partial charge in [0.1, 0.15) is 27.4 Å². The van der Waals surface area contributed by atoms with E-state index in [2.05, 4.69) is 93.9 Å². The topological polar surface area (TPSA) is 39.9 Å². The molecule has 0 fully saturated rings. The minimum absolute atomic E-state index is 0.464. The molecular formula is C22H35N3OSi3. The van der Waals surface area contributed by atoms with Crippen LogP contribution in [-0.2, 0) is 4.97 Å². The average molecular weight is 442 g/mol. The average Bonchev–Trinajstić information content (AvgIpc) is 3.01. The highest BCUT2D eigenvalue weighted by atomic mass is 28.4. The van der Waals surface area contributed by atoms with E-state index in [4.69, 9.17) is 15.0 Å². The third-order valence-electron chi connectivity index (χ3n) is 5.63. The Morgan fingerprint density at radius 3 is 1.86 bits per heavy atom. The summed E-state index contributed by atoms with van der Waals surface area (Å²) in [5, 5.41) is 10.9. The van der Waals surface area contributed by atoms with Gasteiger partial charge in [0, 0.05) is 0 Å². The maximum Gasteiger partial charge on any atom is 0.168 e. The van der Waals surface area contributed by atoms with E-state index < -0.39 is 29.2 Å². The number of fused-ring (bicyclic) bond motifs is 1. The summed E-state index contributed by atoms with van der Waals surface area (Å²) >= 11 is 0. The maximum absolute atomic E-state index is 7.00. The summed E-state index contributed by atoms with van der Waals surface area (Å²) in [5.41, 5.74) is 2.15. The van der Waals surface area contributed by atoms with Gasteiger partial charge >= 0.3 is 0 Å². The standard InChI is InChI=1S/C22H35N3OSi3/c1-27(2,3)20-17-13-16-19-21(20)23-24-25(19)22(28(4,5)6,29(7,8)9)26-18-14-11-10-12-15-18/h10-17H,1-9H3. The van der Waals surface area contributed by atoms with E-state index in [1.165, 1.54) is 5.19 Å². The lowest BCUT2D eigenvalue weighted by molar-refractivity contribution is 0.131. The van der Waals surface area contributed by atoms with Crippen LogP contribution >= 0.6 is 0 Å². The third-order valence-corrected chi connectivity index (χ3v) is 16.8. The van der Waals surface area contributed by atoms with Gasteiger partial charge in [-0.1, -0.05) is 94.5 Å². The van der Waals surface area contributed by atoms with Gasteiger partial charge in [0.25, 0.3) is 0 Å². The summed E-state index contributed by atoms with van der Waals surface area (Å²) in [5.74, 6) is 0.905. The predicted molar refractivity (Wildman–Crippen MR) is 132 cm³/mol. The van der Waals surface area contributed by atoms with E-state index in [1.807, 2.05) is 18.2 Å². The van der Waals surface area contributed by atoms with Gasteiger partial charge in [0.15, 0.2) is 4.97 Å². The minimum atomic E-state index is -1.93. The number of hydrogen-bond donors (Lipinski definition) is 0. The number of hydrogen-bond acceptors (Lipinski definition) is 3. The van der Waals surface area contributed by atoms with Crippen molar-refractivity contribution in [2.24, 2.45) is 0 Å². The Bertz CT molecular complexity index is 982. The summed E-state index contributed by atoms with van der Waals surface area (Å²) in [4.78, 5) is -0.464. The molecule has 29 heavy (non-hydrogen) atoms. The fourth-order valence-electron chi connectivity index (χ4n) is 4.55. The zero-order valence-electron chi connectivity index (χ0n) is 19.4. The molecule has 0 aliphatic heterocycles. The van der Waals surface area contributed by atoms with Crippen molar-refractivity contribution in [2.75, 3.05) is 0 Å². The molecule has 0 amide bonds. The maximum atomic E-state index is 7.00. The first kappa shape index (κ1) is 22.0. The molecule has 0 saturated heterocycles. The first-order valence-electron chi connectivity index (χ1n) is 10.4. The Labute approximate surface area is 178 Å². The second-order valence-electron chi connectivity index (χ2n) is 11.0. The SMILES string of the molecule is C[Si](C)(C)c1cccc2c1nnn2C(Oc1ccccc1)([Si](C)(C)C)[Si](C)(C)C. The molecule has 0 N–H and O–H groups in total. The normalized spacial score (nSPS) is 13.7. The zero-order chi connectivity index (χ0) is 21.7. The molecule has 0 saturated carbocycles. The molecule has 1 heterocycles. The van der Waals surface area contributed by atoms with E-state index in [9.17, 15) is 0 Å². The van der Waals surface area contributed by atoms with E-state index in [0.717, 1.165) is 16.8 Å². The van der Waals surface area contributed by atoms with Crippen LogP contribution in [0.2, 0.25) is 58.9 Å². The van der Waals surface area contributed by atoms with Gasteiger partial charge in [-0.2, -0.15) is 0 Å². The second kappa shape index (κ2) is 7.21. The highest BCUT2D eigenvalue weighted by molar-refractivity contribution is 6.97. The van der Waals surface area contributed by atoms with Crippen LogP contribution in [0.1, 0.15) is 0 Å². The van der Waals surface area contributed by atoms with Crippen LogP contribution in [-0.4, -0.2) is 39.2 Å². The van der Waals surface area contributed by atoms with Crippen molar-refractivity contribution in [3.8, 4) is 5.75 Å². The molecule has 3 rings (SSSR count). The van der Waals surface area contributed by atoms with Crippen LogP contribution in [0.3, 0.4) is 0 Å². The van der Waals surface area contributed by atoms with Crippen molar-refractivity contribution in [2.45, 2.75) is 63.9 Å². The zero-order valence-corrected chi connectivity index (χ0v) is 22.4. The monoisotopic (exact) mass is 441 g/mol. The first-order valence-corrected chi connectivity index (χ1v) is 20.9. The van der Waals surface area contributed by atoms with Crippen molar-refractivity contribution in [3.63, 3.8) is 0 Å². The van der Waals surface area contributed by atoms with Gasteiger partial charge in [-0.3, -0.25) is 0 Å². The smallest absolute Gasteiger partial charge is 0.168 e. The van der Waals surface area contributed by atoms with Crippen molar-refractivity contribution in [3.05, 3.63) is 48.5 Å². The Kier molecular flexibility index (Phi) is 5.47. The van der Waals surface area contributed by atoms with Crippen LogP contribution in [0, 0.1) is 0 Å². The summed E-state index contributed by atoms with van der Waals surface area (Å²) in [6, 6.07) is 16.8. The fourth-order valence-corrected chi connectivity index (χ4v) is 17.5. The minimum Gasteiger partial charge on any atom is -0.473 e. The van der Waals surface area contributed by atoms with E-state index in [1.54, 1.807) is 0 Å². The lowest BCUT2D eigenvalue weighted by Gasteiger charge is -2.51. The molecular weight excluding hydrogens is 407 g/mol. The molecule has 0 atom stereocenters. The molecule has 1 aromatic heterocycles. The predicted octanol–water partition coefficient (Wildman–Crippen LogP) is 5.46. The van der Waals surface area contributed by atoms with Crippen molar-refractivity contribution in [1.29, 1.82) is 0 Å². The summed E-state index contributed by atoms with van der Waals surface area (Å²) < 4.78 is 9.17. The number of aromatic nitrogens is 3. The molecule has 2 aromatic carbocycles. The number of rotatable bonds is 6. The molecule has 156 valence electrons. The van der Waals surface area contributed by atoms with Crippen molar-refractivity contribution in [1.82, 2.24) is 15.0 Å². The lowest BCUT2D eigenvalue weighted by Crippen LogP contribution is -2.71. The first-order chi connectivity index (χ1) is 13.3. The molecule has 0 radical (unpaired) electrons. The lowest BCUT2D eigenvalue weighted by atomic mass is 10.3. The molecule has 0 spiro atoms. The molecule has 7 heteroatoms. The van der Waals surface area contributed by atoms with Crippen LogP contribution < -0.4 is 9.92 Å². The number of ether oxygens (including phenoxy) is 1. The van der Waals surface area contributed by atoms with E-state index in [0.29, 0.717) is 0 Å². The highest BCUT2D eigenvalue weighted by Gasteiger charge is 2.58. The van der Waals surface area contributed by atoms with Gasteiger partial charge < -0.3 is 4.74 Å². The number of benzene rings is 2. The van der Waals surface area contributed by atoms with Crippen molar-refractivity contribution >= 4 is 40.4 Å². The highest BCUT2D eigenvalue weighted by Crippen LogP contribution is 2.41. The van der Waals surface area contributed by atoms with Crippen LogP contribution in [0.25, 0.3) is 11.0 Å². The fraction of sp³-hybridized carbons (Fsp3) is 0.455. The Morgan fingerprint density at radius 1 is 0.759 bits per heavy atom. The second-order valence-corrected chi connectivity index (χ2v) is 26.9. The molecule has 3 aromatic rings. The molecule has 0 unspecified atom stereocenters. The van der Waals surface area contributed by atoms with Gasteiger partial charge in [-0.05, 0) is 23.4 Å². The van der Waals surface area contributed by atoms with E-state index in [-0.39, 0.29) is 0 Å². The summed E-state index contributed by atoms with van der Waals surface area (Å²) in [7, 11) is -5.40. The van der Waals surface area contributed by atoms with Gasteiger partial charge in [-0.25, -0.2) is 4.68 Å².